The Morgan fingerprint density at radius 1 is 1.31 bits per heavy atom. The van der Waals surface area contributed by atoms with Crippen molar-refractivity contribution in [2.24, 2.45) is 0 Å². The second kappa shape index (κ2) is 7.63. The summed E-state index contributed by atoms with van der Waals surface area (Å²) in [4.78, 5) is 46.6. The van der Waals surface area contributed by atoms with Crippen LogP contribution >= 0.6 is 0 Å². The number of carbonyl (C=O) groups is 2. The number of nitrogens with zero attached hydrogens (tertiary/aromatic N) is 2. The number of H-pyrrole nitrogens is 1. The number of ether oxygens (including phenoxy) is 1. The van der Waals surface area contributed by atoms with Crippen LogP contribution in [0, 0.1) is 12.7 Å². The molecule has 1 aromatic carbocycles. The number of hydrogen-bond donors (Lipinski definition) is 3. The van der Waals surface area contributed by atoms with Crippen LogP contribution in [0.4, 0.5) is 21.8 Å². The summed E-state index contributed by atoms with van der Waals surface area (Å²) in [7, 11) is 0. The lowest BCUT2D eigenvalue weighted by Crippen LogP contribution is -2.41. The van der Waals surface area contributed by atoms with Gasteiger partial charge in [0.25, 0.3) is 5.56 Å². The second-order valence-corrected chi connectivity index (χ2v) is 7.03. The quantitative estimate of drug-likeness (QED) is 0.710. The van der Waals surface area contributed by atoms with Crippen molar-refractivity contribution >= 4 is 29.3 Å². The molecule has 1 atom stereocenters. The zero-order valence-corrected chi connectivity index (χ0v) is 15.8. The van der Waals surface area contributed by atoms with Gasteiger partial charge >= 0.3 is 0 Å². The summed E-state index contributed by atoms with van der Waals surface area (Å²) < 4.78 is 19.4. The van der Waals surface area contributed by atoms with Crippen LogP contribution in [0.25, 0.3) is 0 Å². The molecule has 0 radical (unpaired) electrons. The monoisotopic (exact) mass is 401 g/mol. The number of halogens is 1. The molecule has 2 aliphatic heterocycles. The van der Waals surface area contributed by atoms with Crippen molar-refractivity contribution < 1.29 is 18.7 Å². The summed E-state index contributed by atoms with van der Waals surface area (Å²) in [5, 5.41) is 5.04. The Morgan fingerprint density at radius 2 is 2.07 bits per heavy atom. The number of rotatable bonds is 3. The standard InChI is InChI=1S/C19H20FN5O4/c1-10-2-3-13(12(20)8-10)21-17(27)11-9-14(26)22-16-15(11)18(28)24-19(23-16)25-4-6-29-7-5-25/h2-3,8,11H,4-7,9H2,1H3,(H,21,27)(H2,22,23,24,26,28)/t11-/m0/s1. The topological polar surface area (TPSA) is 116 Å². The summed E-state index contributed by atoms with van der Waals surface area (Å²) in [6, 6.07) is 4.39. The first kappa shape index (κ1) is 19.1. The Kier molecular flexibility index (Phi) is 5.01. The van der Waals surface area contributed by atoms with Gasteiger partial charge < -0.3 is 20.3 Å². The first-order chi connectivity index (χ1) is 13.9. The number of aromatic nitrogens is 2. The molecule has 0 unspecified atom stereocenters. The van der Waals surface area contributed by atoms with E-state index in [2.05, 4.69) is 20.6 Å². The van der Waals surface area contributed by atoms with E-state index in [1.165, 1.54) is 12.1 Å². The number of fused-ring (bicyclic) bond motifs is 1. The molecule has 29 heavy (non-hydrogen) atoms. The fourth-order valence-corrected chi connectivity index (χ4v) is 3.45. The van der Waals surface area contributed by atoms with Crippen LogP contribution < -0.4 is 21.1 Å². The number of amides is 2. The summed E-state index contributed by atoms with van der Waals surface area (Å²) in [6.45, 7) is 3.83. The molecular weight excluding hydrogens is 381 g/mol. The van der Waals surface area contributed by atoms with E-state index in [9.17, 15) is 18.8 Å². The third kappa shape index (κ3) is 3.83. The second-order valence-electron chi connectivity index (χ2n) is 7.03. The number of carbonyl (C=O) groups excluding carboxylic acids is 2. The van der Waals surface area contributed by atoms with Gasteiger partial charge in [-0.05, 0) is 24.6 Å². The number of anilines is 3. The van der Waals surface area contributed by atoms with Crippen LogP contribution in [0.15, 0.2) is 23.0 Å². The largest absolute Gasteiger partial charge is 0.378 e. The smallest absolute Gasteiger partial charge is 0.258 e. The van der Waals surface area contributed by atoms with Crippen molar-refractivity contribution in [1.82, 2.24) is 9.97 Å². The maximum Gasteiger partial charge on any atom is 0.258 e. The fourth-order valence-electron chi connectivity index (χ4n) is 3.45. The third-order valence-electron chi connectivity index (χ3n) is 4.95. The lowest BCUT2D eigenvalue weighted by Gasteiger charge is -2.29. The highest BCUT2D eigenvalue weighted by Crippen LogP contribution is 2.30. The van der Waals surface area contributed by atoms with Crippen molar-refractivity contribution in [3.63, 3.8) is 0 Å². The number of benzene rings is 1. The van der Waals surface area contributed by atoms with Crippen LogP contribution in [0.5, 0.6) is 0 Å². The normalized spacial score (nSPS) is 18.8. The molecule has 9 nitrogen and oxygen atoms in total. The summed E-state index contributed by atoms with van der Waals surface area (Å²) in [6.07, 6.45) is -0.228. The molecule has 0 saturated carbocycles. The first-order valence-corrected chi connectivity index (χ1v) is 9.26. The van der Waals surface area contributed by atoms with Gasteiger partial charge in [0, 0.05) is 19.5 Å². The lowest BCUT2D eigenvalue weighted by molar-refractivity contribution is -0.123. The minimum Gasteiger partial charge on any atom is -0.378 e. The molecule has 2 aliphatic rings. The third-order valence-corrected chi connectivity index (χ3v) is 4.95. The summed E-state index contributed by atoms with van der Waals surface area (Å²) in [5.41, 5.74) is 0.245. The number of nitrogens with one attached hydrogen (secondary N) is 3. The van der Waals surface area contributed by atoms with Gasteiger partial charge in [0.05, 0.1) is 30.4 Å². The van der Waals surface area contributed by atoms with Crippen LogP contribution in [0.3, 0.4) is 0 Å². The molecular formula is C19H20FN5O4. The van der Waals surface area contributed by atoms with Crippen LogP contribution in [0.2, 0.25) is 0 Å². The van der Waals surface area contributed by atoms with E-state index in [4.69, 9.17) is 4.74 Å². The maximum atomic E-state index is 14.1. The van der Waals surface area contributed by atoms with Crippen molar-refractivity contribution in [1.29, 1.82) is 0 Å². The number of morpholine rings is 1. The Bertz CT molecular complexity index is 1030. The highest BCUT2D eigenvalue weighted by molar-refractivity contribution is 6.04. The molecule has 2 amide bonds. The van der Waals surface area contributed by atoms with E-state index < -0.39 is 29.1 Å². The summed E-state index contributed by atoms with van der Waals surface area (Å²) in [5.74, 6) is -2.38. The van der Waals surface area contributed by atoms with E-state index in [0.717, 1.165) is 0 Å². The Morgan fingerprint density at radius 3 is 2.79 bits per heavy atom. The molecule has 4 rings (SSSR count). The van der Waals surface area contributed by atoms with E-state index in [1.807, 2.05) is 4.90 Å². The molecule has 1 fully saturated rings. The highest BCUT2D eigenvalue weighted by atomic mass is 19.1. The van der Waals surface area contributed by atoms with Gasteiger partial charge in [-0.25, -0.2) is 4.39 Å². The van der Waals surface area contributed by atoms with Crippen LogP contribution in [0.1, 0.15) is 23.5 Å². The highest BCUT2D eigenvalue weighted by Gasteiger charge is 2.35. The van der Waals surface area contributed by atoms with Crippen molar-refractivity contribution in [2.75, 3.05) is 41.8 Å². The molecule has 1 saturated heterocycles. The molecule has 0 aliphatic carbocycles. The fraction of sp³-hybridized carbons (Fsp3) is 0.368. The minimum absolute atomic E-state index is 0.0116. The average Bonchev–Trinajstić information content (AvgIpc) is 2.69. The van der Waals surface area contributed by atoms with Crippen molar-refractivity contribution in [3.05, 3.63) is 45.5 Å². The molecule has 152 valence electrons. The van der Waals surface area contributed by atoms with Gasteiger partial charge in [0.2, 0.25) is 17.8 Å². The Balaban J connectivity index is 1.65. The lowest BCUT2D eigenvalue weighted by atomic mass is 9.92. The van der Waals surface area contributed by atoms with E-state index in [1.54, 1.807) is 13.0 Å². The summed E-state index contributed by atoms with van der Waals surface area (Å²) >= 11 is 0. The molecule has 3 N–H and O–H groups in total. The van der Waals surface area contributed by atoms with Crippen LogP contribution in [-0.4, -0.2) is 48.1 Å². The van der Waals surface area contributed by atoms with E-state index in [0.29, 0.717) is 37.8 Å². The Hall–Kier alpha value is -3.27. The molecule has 2 aromatic rings. The molecule has 10 heteroatoms. The van der Waals surface area contributed by atoms with Crippen LogP contribution in [-0.2, 0) is 14.3 Å². The van der Waals surface area contributed by atoms with E-state index in [-0.39, 0.29) is 23.5 Å². The van der Waals surface area contributed by atoms with Gasteiger partial charge in [-0.15, -0.1) is 0 Å². The number of aryl methyl sites for hydroxylation is 1. The maximum absolute atomic E-state index is 14.1. The number of hydrogen-bond acceptors (Lipinski definition) is 6. The average molecular weight is 401 g/mol. The zero-order chi connectivity index (χ0) is 20.5. The first-order valence-electron chi connectivity index (χ1n) is 9.26. The van der Waals surface area contributed by atoms with Gasteiger partial charge in [-0.1, -0.05) is 6.07 Å². The predicted molar refractivity (Wildman–Crippen MR) is 104 cm³/mol. The van der Waals surface area contributed by atoms with Crippen molar-refractivity contribution in [2.45, 2.75) is 19.3 Å². The molecule has 1 aromatic heterocycles. The van der Waals surface area contributed by atoms with Gasteiger partial charge in [-0.2, -0.15) is 4.98 Å². The molecule has 0 bridgehead atoms. The van der Waals surface area contributed by atoms with E-state index >= 15 is 0 Å². The van der Waals surface area contributed by atoms with Gasteiger partial charge in [-0.3, -0.25) is 19.4 Å². The molecule has 0 spiro atoms. The zero-order valence-electron chi connectivity index (χ0n) is 15.8. The van der Waals surface area contributed by atoms with Gasteiger partial charge in [0.15, 0.2) is 0 Å². The molecule has 3 heterocycles. The predicted octanol–water partition coefficient (Wildman–Crippen LogP) is 1.12. The Labute approximate surface area is 165 Å². The minimum atomic E-state index is -1.07. The SMILES string of the molecule is Cc1ccc(NC(=O)[C@H]2CC(=O)Nc3nc(N4CCOCC4)[nH]c(=O)c32)c(F)c1. The van der Waals surface area contributed by atoms with Gasteiger partial charge in [0.1, 0.15) is 11.6 Å². The van der Waals surface area contributed by atoms with Crippen molar-refractivity contribution in [3.8, 4) is 0 Å². The number of aromatic amines is 1.